The number of thiazole rings is 1. The summed E-state index contributed by atoms with van der Waals surface area (Å²) in [5, 5.41) is 5.80. The smallest absolute Gasteiger partial charge is 0.237 e. The van der Waals surface area contributed by atoms with Crippen LogP contribution in [0, 0.1) is 6.92 Å². The molecular formula is C18H23N5O2S. The molecule has 2 aromatic heterocycles. The van der Waals surface area contributed by atoms with Gasteiger partial charge in [0.05, 0.1) is 35.4 Å². The highest BCUT2D eigenvalue weighted by Gasteiger charge is 2.32. The number of nitrogens with zero attached hydrogens (tertiary/aromatic N) is 4. The average Bonchev–Trinajstić information content (AvgIpc) is 3.03. The van der Waals surface area contributed by atoms with Crippen molar-refractivity contribution < 1.29 is 9.59 Å². The standard InChI is InChI=1S/C18H23N5O2S/c1-13-21-15(12-26-13)10-22(2)17(24)9-16-18(25)20-7-8-23(16)11-14-5-3-4-6-19-14/h3-6,12,16H,7-11H2,1-2H3,(H,20,25). The molecule has 0 radical (unpaired) electrons. The van der Waals surface area contributed by atoms with Gasteiger partial charge in [-0.1, -0.05) is 6.07 Å². The zero-order valence-electron chi connectivity index (χ0n) is 15.0. The van der Waals surface area contributed by atoms with Crippen LogP contribution in [0.3, 0.4) is 0 Å². The quantitative estimate of drug-likeness (QED) is 0.823. The molecular weight excluding hydrogens is 350 g/mol. The van der Waals surface area contributed by atoms with Gasteiger partial charge in [0.2, 0.25) is 11.8 Å². The summed E-state index contributed by atoms with van der Waals surface area (Å²) in [6, 6.07) is 5.25. The number of amides is 2. The van der Waals surface area contributed by atoms with Crippen LogP contribution in [-0.4, -0.2) is 57.8 Å². The van der Waals surface area contributed by atoms with E-state index in [1.165, 1.54) is 0 Å². The normalized spacial score (nSPS) is 17.8. The molecule has 0 saturated carbocycles. The summed E-state index contributed by atoms with van der Waals surface area (Å²) < 4.78 is 0. The van der Waals surface area contributed by atoms with E-state index < -0.39 is 6.04 Å². The first-order valence-electron chi connectivity index (χ1n) is 8.59. The first-order chi connectivity index (χ1) is 12.5. The Bertz CT molecular complexity index is 764. The number of nitrogens with one attached hydrogen (secondary N) is 1. The second-order valence-corrected chi connectivity index (χ2v) is 7.47. The molecule has 0 spiro atoms. The van der Waals surface area contributed by atoms with Crippen LogP contribution in [0.1, 0.15) is 22.8 Å². The van der Waals surface area contributed by atoms with Gasteiger partial charge in [0.25, 0.3) is 0 Å². The Balaban J connectivity index is 1.64. The van der Waals surface area contributed by atoms with Crippen LogP contribution in [0.5, 0.6) is 0 Å². The van der Waals surface area contributed by atoms with Crippen LogP contribution < -0.4 is 5.32 Å². The highest BCUT2D eigenvalue weighted by atomic mass is 32.1. The summed E-state index contributed by atoms with van der Waals surface area (Å²) >= 11 is 1.57. The van der Waals surface area contributed by atoms with Gasteiger partial charge in [0.15, 0.2) is 0 Å². The van der Waals surface area contributed by atoms with E-state index in [1.807, 2.05) is 35.4 Å². The lowest BCUT2D eigenvalue weighted by molar-refractivity contribution is -0.138. The fourth-order valence-electron chi connectivity index (χ4n) is 3.01. The van der Waals surface area contributed by atoms with Gasteiger partial charge in [0.1, 0.15) is 0 Å². The number of carbonyl (C=O) groups excluding carboxylic acids is 2. The molecule has 7 nitrogen and oxygen atoms in total. The van der Waals surface area contributed by atoms with E-state index in [4.69, 9.17) is 0 Å². The number of piperazine rings is 1. The molecule has 1 aliphatic rings. The van der Waals surface area contributed by atoms with E-state index in [0.717, 1.165) is 16.4 Å². The topological polar surface area (TPSA) is 78.4 Å². The number of aryl methyl sites for hydroxylation is 1. The lowest BCUT2D eigenvalue weighted by Crippen LogP contribution is -2.56. The molecule has 1 atom stereocenters. The van der Waals surface area contributed by atoms with E-state index in [-0.39, 0.29) is 18.2 Å². The maximum Gasteiger partial charge on any atom is 0.237 e. The molecule has 1 unspecified atom stereocenters. The lowest BCUT2D eigenvalue weighted by Gasteiger charge is -2.35. The monoisotopic (exact) mass is 373 g/mol. The van der Waals surface area contributed by atoms with Crippen LogP contribution >= 0.6 is 11.3 Å². The third-order valence-electron chi connectivity index (χ3n) is 4.39. The van der Waals surface area contributed by atoms with Crippen LogP contribution in [0.4, 0.5) is 0 Å². The van der Waals surface area contributed by atoms with Crippen LogP contribution in [-0.2, 0) is 22.7 Å². The van der Waals surface area contributed by atoms with E-state index in [1.54, 1.807) is 29.5 Å². The Hall–Kier alpha value is -2.32. The van der Waals surface area contributed by atoms with Gasteiger partial charge in [0, 0.05) is 38.3 Å². The molecule has 8 heteroatoms. The Morgan fingerprint density at radius 3 is 2.96 bits per heavy atom. The van der Waals surface area contributed by atoms with Crippen LogP contribution in [0.25, 0.3) is 0 Å². The number of carbonyl (C=O) groups is 2. The van der Waals surface area contributed by atoms with Crippen molar-refractivity contribution >= 4 is 23.2 Å². The Morgan fingerprint density at radius 2 is 2.27 bits per heavy atom. The van der Waals surface area contributed by atoms with Crippen LogP contribution in [0.15, 0.2) is 29.8 Å². The maximum atomic E-state index is 12.6. The third-order valence-corrected chi connectivity index (χ3v) is 5.21. The van der Waals surface area contributed by atoms with E-state index in [2.05, 4.69) is 15.3 Å². The van der Waals surface area contributed by atoms with Gasteiger partial charge in [-0.05, 0) is 19.1 Å². The summed E-state index contributed by atoms with van der Waals surface area (Å²) in [6.45, 7) is 4.25. The van der Waals surface area contributed by atoms with Gasteiger partial charge in [-0.15, -0.1) is 11.3 Å². The highest BCUT2D eigenvalue weighted by molar-refractivity contribution is 7.09. The largest absolute Gasteiger partial charge is 0.353 e. The second-order valence-electron chi connectivity index (χ2n) is 6.41. The van der Waals surface area contributed by atoms with Crippen molar-refractivity contribution in [1.29, 1.82) is 0 Å². The summed E-state index contributed by atoms with van der Waals surface area (Å²) in [7, 11) is 1.75. The summed E-state index contributed by atoms with van der Waals surface area (Å²) in [5.74, 6) is -0.165. The zero-order valence-corrected chi connectivity index (χ0v) is 15.8. The average molecular weight is 373 g/mol. The maximum absolute atomic E-state index is 12.6. The first-order valence-corrected chi connectivity index (χ1v) is 9.47. The Morgan fingerprint density at radius 1 is 1.42 bits per heavy atom. The van der Waals surface area contributed by atoms with E-state index >= 15 is 0 Å². The zero-order chi connectivity index (χ0) is 18.5. The van der Waals surface area contributed by atoms with Crippen molar-refractivity contribution in [3.63, 3.8) is 0 Å². The number of hydrogen-bond donors (Lipinski definition) is 1. The molecule has 0 bridgehead atoms. The SMILES string of the molecule is Cc1nc(CN(C)C(=O)CC2C(=O)NCCN2Cc2ccccn2)cs1. The fraction of sp³-hybridized carbons (Fsp3) is 0.444. The number of rotatable bonds is 6. The minimum Gasteiger partial charge on any atom is -0.353 e. The number of hydrogen-bond acceptors (Lipinski definition) is 6. The Kier molecular flexibility index (Phi) is 5.95. The molecule has 2 aromatic rings. The van der Waals surface area contributed by atoms with E-state index in [9.17, 15) is 9.59 Å². The van der Waals surface area contributed by atoms with Crippen molar-refractivity contribution in [1.82, 2.24) is 25.1 Å². The Labute approximate surface area is 157 Å². The molecule has 3 heterocycles. The van der Waals surface area contributed by atoms with Gasteiger partial charge < -0.3 is 10.2 Å². The minimum atomic E-state index is -0.474. The van der Waals surface area contributed by atoms with Crippen molar-refractivity contribution in [3.8, 4) is 0 Å². The summed E-state index contributed by atoms with van der Waals surface area (Å²) in [4.78, 5) is 37.4. The van der Waals surface area contributed by atoms with Crippen molar-refractivity contribution in [3.05, 3.63) is 46.2 Å². The van der Waals surface area contributed by atoms with Crippen molar-refractivity contribution in [2.45, 2.75) is 32.5 Å². The molecule has 2 amide bonds. The predicted octanol–water partition coefficient (Wildman–Crippen LogP) is 1.20. The second kappa shape index (κ2) is 8.37. The van der Waals surface area contributed by atoms with Crippen molar-refractivity contribution in [2.75, 3.05) is 20.1 Å². The molecule has 3 rings (SSSR count). The first kappa shape index (κ1) is 18.5. The summed E-state index contributed by atoms with van der Waals surface area (Å²) in [6.07, 6.45) is 1.89. The van der Waals surface area contributed by atoms with E-state index in [0.29, 0.717) is 26.2 Å². The predicted molar refractivity (Wildman–Crippen MR) is 99.4 cm³/mol. The molecule has 0 aromatic carbocycles. The number of pyridine rings is 1. The molecule has 1 aliphatic heterocycles. The van der Waals surface area contributed by atoms with Gasteiger partial charge >= 0.3 is 0 Å². The molecule has 26 heavy (non-hydrogen) atoms. The molecule has 0 aliphatic carbocycles. The van der Waals surface area contributed by atoms with Crippen molar-refractivity contribution in [2.24, 2.45) is 0 Å². The highest BCUT2D eigenvalue weighted by Crippen LogP contribution is 2.15. The number of aromatic nitrogens is 2. The molecule has 1 N–H and O–H groups in total. The third kappa shape index (κ3) is 4.64. The van der Waals surface area contributed by atoms with Crippen LogP contribution in [0.2, 0.25) is 0 Å². The summed E-state index contributed by atoms with van der Waals surface area (Å²) in [5.41, 5.74) is 1.77. The molecule has 1 saturated heterocycles. The molecule has 138 valence electrons. The molecule has 1 fully saturated rings. The minimum absolute atomic E-state index is 0.0660. The van der Waals surface area contributed by atoms with Gasteiger partial charge in [-0.3, -0.25) is 19.5 Å². The fourth-order valence-corrected chi connectivity index (χ4v) is 3.61. The van der Waals surface area contributed by atoms with Gasteiger partial charge in [-0.2, -0.15) is 0 Å². The lowest BCUT2D eigenvalue weighted by atomic mass is 10.1. The van der Waals surface area contributed by atoms with Gasteiger partial charge in [-0.25, -0.2) is 4.98 Å².